The maximum Gasteiger partial charge on any atom is 0.293 e. The number of rotatable bonds is 5. The Hall–Kier alpha value is -3.70. The van der Waals surface area contributed by atoms with Gasteiger partial charge in [-0.25, -0.2) is 9.20 Å². The van der Waals surface area contributed by atoms with Crippen LogP contribution >= 0.6 is 0 Å². The second-order valence-corrected chi connectivity index (χ2v) is 7.25. The van der Waals surface area contributed by atoms with Crippen molar-refractivity contribution in [2.75, 3.05) is 5.32 Å². The molecular formula is C18H18F2N8O2. The largest absolute Gasteiger partial charge is 0.323 e. The molecule has 0 spiro atoms. The van der Waals surface area contributed by atoms with Gasteiger partial charge in [0.05, 0.1) is 5.69 Å². The highest BCUT2D eigenvalue weighted by Crippen LogP contribution is 2.26. The van der Waals surface area contributed by atoms with Gasteiger partial charge in [-0.05, 0) is 18.2 Å². The van der Waals surface area contributed by atoms with Crippen molar-refractivity contribution in [3.05, 3.63) is 52.6 Å². The highest BCUT2D eigenvalue weighted by atomic mass is 19.3. The number of pyridine rings is 1. The molecule has 0 aliphatic rings. The average Bonchev–Trinajstić information content (AvgIpc) is 3.30. The highest BCUT2D eigenvalue weighted by molar-refractivity contribution is 5.90. The Bertz CT molecular complexity index is 1320. The molecule has 0 saturated carbocycles. The Balaban J connectivity index is 1.68. The van der Waals surface area contributed by atoms with Crippen molar-refractivity contribution < 1.29 is 13.6 Å². The number of amides is 1. The molecule has 1 amide bonds. The predicted octanol–water partition coefficient (Wildman–Crippen LogP) is 1.81. The fraction of sp³-hybridized carbons (Fsp3) is 0.333. The first-order valence-electron chi connectivity index (χ1n) is 9.12. The normalized spacial score (nSPS) is 12.2. The lowest BCUT2D eigenvalue weighted by molar-refractivity contribution is -0.117. The molecule has 1 N–H and O–H groups in total. The standard InChI is InChI=1S/C18H18F2N8O2/c1-10(2)16-25-27(17(30)12-6-13(18(3,19)20)24-28(12)16)8-15(29)22-11-4-5-14-23-21-9-26(14)7-11/h4-7,9-10H,8H2,1-3H3,(H,22,29). The number of hydrogen-bond acceptors (Lipinski definition) is 6. The Labute approximate surface area is 168 Å². The van der Waals surface area contributed by atoms with Gasteiger partial charge in [-0.1, -0.05) is 13.8 Å². The summed E-state index contributed by atoms with van der Waals surface area (Å²) in [5.41, 5.74) is -0.201. The van der Waals surface area contributed by atoms with E-state index in [0.29, 0.717) is 24.1 Å². The van der Waals surface area contributed by atoms with Crippen molar-refractivity contribution in [3.63, 3.8) is 0 Å². The third kappa shape index (κ3) is 3.51. The molecule has 10 nitrogen and oxygen atoms in total. The first-order chi connectivity index (χ1) is 14.1. The van der Waals surface area contributed by atoms with E-state index in [2.05, 4.69) is 25.7 Å². The van der Waals surface area contributed by atoms with Gasteiger partial charge in [-0.3, -0.25) is 14.0 Å². The van der Waals surface area contributed by atoms with E-state index in [4.69, 9.17) is 0 Å². The van der Waals surface area contributed by atoms with Crippen LogP contribution < -0.4 is 10.9 Å². The summed E-state index contributed by atoms with van der Waals surface area (Å²) in [6, 6.07) is 4.35. The number of aromatic nitrogens is 7. The topological polar surface area (TPSA) is 111 Å². The molecule has 0 atom stereocenters. The van der Waals surface area contributed by atoms with Crippen LogP contribution in [0.25, 0.3) is 11.2 Å². The van der Waals surface area contributed by atoms with E-state index in [9.17, 15) is 18.4 Å². The van der Waals surface area contributed by atoms with E-state index in [0.717, 1.165) is 15.3 Å². The molecule has 0 aromatic carbocycles. The Morgan fingerprint density at radius 1 is 1.27 bits per heavy atom. The molecule has 0 aliphatic carbocycles. The lowest BCUT2D eigenvalue weighted by atomic mass is 10.2. The number of fused-ring (bicyclic) bond motifs is 2. The fourth-order valence-corrected chi connectivity index (χ4v) is 2.97. The Morgan fingerprint density at radius 3 is 2.73 bits per heavy atom. The van der Waals surface area contributed by atoms with Crippen molar-refractivity contribution in [2.24, 2.45) is 0 Å². The average molecular weight is 416 g/mol. The van der Waals surface area contributed by atoms with Gasteiger partial charge >= 0.3 is 0 Å². The van der Waals surface area contributed by atoms with Crippen molar-refractivity contribution >= 4 is 22.8 Å². The maximum atomic E-state index is 13.7. The van der Waals surface area contributed by atoms with Gasteiger partial charge in [0.25, 0.3) is 11.5 Å². The minimum atomic E-state index is -3.21. The zero-order valence-corrected chi connectivity index (χ0v) is 16.4. The molecule has 0 aliphatic heterocycles. The molecule has 4 aromatic heterocycles. The van der Waals surface area contributed by atoms with Gasteiger partial charge in [0.15, 0.2) is 11.5 Å². The quantitative estimate of drug-likeness (QED) is 0.531. The van der Waals surface area contributed by atoms with Gasteiger partial charge in [0, 0.05) is 19.0 Å². The summed E-state index contributed by atoms with van der Waals surface area (Å²) in [7, 11) is 0. The van der Waals surface area contributed by atoms with Gasteiger partial charge in [-0.2, -0.15) is 19.0 Å². The molecule has 0 fully saturated rings. The smallest absolute Gasteiger partial charge is 0.293 e. The van der Waals surface area contributed by atoms with Crippen LogP contribution in [0.15, 0.2) is 35.5 Å². The summed E-state index contributed by atoms with van der Waals surface area (Å²) in [4.78, 5) is 25.3. The summed E-state index contributed by atoms with van der Waals surface area (Å²) < 4.78 is 31.1. The van der Waals surface area contributed by atoms with E-state index in [1.807, 2.05) is 0 Å². The third-order valence-corrected chi connectivity index (χ3v) is 4.44. The highest BCUT2D eigenvalue weighted by Gasteiger charge is 2.30. The zero-order chi connectivity index (χ0) is 21.6. The minimum absolute atomic E-state index is 0.0658. The van der Waals surface area contributed by atoms with Crippen LogP contribution in [0.2, 0.25) is 0 Å². The van der Waals surface area contributed by atoms with Crippen LogP contribution in [0.1, 0.15) is 38.2 Å². The van der Waals surface area contributed by atoms with Crippen molar-refractivity contribution in [1.82, 2.24) is 34.0 Å². The molecule has 0 bridgehead atoms. The summed E-state index contributed by atoms with van der Waals surface area (Å²) in [5, 5.41) is 18.3. The lowest BCUT2D eigenvalue weighted by Gasteiger charge is -2.12. The predicted molar refractivity (Wildman–Crippen MR) is 103 cm³/mol. The van der Waals surface area contributed by atoms with Crippen LogP contribution in [0.3, 0.4) is 0 Å². The first kappa shape index (κ1) is 19.6. The second kappa shape index (κ2) is 6.97. The SMILES string of the molecule is CC(C)c1nn(CC(=O)Nc2ccc3nncn3c2)c(=O)c2cc(C(C)(F)F)nn12. The van der Waals surface area contributed by atoms with Crippen molar-refractivity contribution in [1.29, 1.82) is 0 Å². The van der Waals surface area contributed by atoms with Crippen LogP contribution in [-0.4, -0.2) is 39.9 Å². The summed E-state index contributed by atoms with van der Waals surface area (Å²) in [5.74, 6) is -3.65. The molecular weight excluding hydrogens is 398 g/mol. The number of carbonyl (C=O) groups excluding carboxylic acids is 1. The molecule has 156 valence electrons. The number of carbonyl (C=O) groups is 1. The van der Waals surface area contributed by atoms with Crippen LogP contribution in [0.4, 0.5) is 14.5 Å². The van der Waals surface area contributed by atoms with E-state index >= 15 is 0 Å². The summed E-state index contributed by atoms with van der Waals surface area (Å²) >= 11 is 0. The van der Waals surface area contributed by atoms with E-state index in [1.165, 1.54) is 6.33 Å². The van der Waals surface area contributed by atoms with E-state index in [-0.39, 0.29) is 11.4 Å². The molecule has 4 rings (SSSR count). The number of nitrogens with one attached hydrogen (secondary N) is 1. The van der Waals surface area contributed by atoms with Crippen LogP contribution in [0, 0.1) is 0 Å². The lowest BCUT2D eigenvalue weighted by Crippen LogP contribution is -2.32. The molecule has 12 heteroatoms. The number of halogens is 2. The minimum Gasteiger partial charge on any atom is -0.323 e. The molecule has 30 heavy (non-hydrogen) atoms. The van der Waals surface area contributed by atoms with Crippen molar-refractivity contribution in [3.8, 4) is 0 Å². The molecule has 4 heterocycles. The number of alkyl halides is 2. The first-order valence-corrected chi connectivity index (χ1v) is 9.12. The summed E-state index contributed by atoms with van der Waals surface area (Å²) in [6.45, 7) is 3.89. The number of hydrogen-bond donors (Lipinski definition) is 1. The Morgan fingerprint density at radius 2 is 2.03 bits per heavy atom. The maximum absolute atomic E-state index is 13.7. The summed E-state index contributed by atoms with van der Waals surface area (Å²) in [6.07, 6.45) is 3.11. The van der Waals surface area contributed by atoms with E-state index in [1.54, 1.807) is 36.6 Å². The molecule has 4 aromatic rings. The van der Waals surface area contributed by atoms with Crippen LogP contribution in [0.5, 0.6) is 0 Å². The molecule has 0 unspecified atom stereocenters. The molecule has 0 saturated heterocycles. The van der Waals surface area contributed by atoms with Gasteiger partial charge < -0.3 is 5.32 Å². The Kier molecular flexibility index (Phi) is 4.56. The number of nitrogens with zero attached hydrogens (tertiary/aromatic N) is 7. The zero-order valence-electron chi connectivity index (χ0n) is 16.4. The van der Waals surface area contributed by atoms with Crippen molar-refractivity contribution in [2.45, 2.75) is 39.2 Å². The fourth-order valence-electron chi connectivity index (χ4n) is 2.97. The number of anilines is 1. The third-order valence-electron chi connectivity index (χ3n) is 4.44. The second-order valence-electron chi connectivity index (χ2n) is 7.25. The van der Waals surface area contributed by atoms with E-state index < -0.39 is 29.6 Å². The van der Waals surface area contributed by atoms with Gasteiger partial charge in [-0.15, -0.1) is 10.2 Å². The van der Waals surface area contributed by atoms with Gasteiger partial charge in [0.1, 0.15) is 24.1 Å². The monoisotopic (exact) mass is 416 g/mol. The molecule has 0 radical (unpaired) electrons. The van der Waals surface area contributed by atoms with Gasteiger partial charge in [0.2, 0.25) is 5.91 Å². The van der Waals surface area contributed by atoms with Crippen LogP contribution in [-0.2, 0) is 17.3 Å².